The van der Waals surface area contributed by atoms with Gasteiger partial charge in [-0.2, -0.15) is 0 Å². The van der Waals surface area contributed by atoms with Gasteiger partial charge in [0.1, 0.15) is 5.75 Å². The van der Waals surface area contributed by atoms with Crippen LogP contribution in [-0.4, -0.2) is 37.0 Å². The zero-order valence-electron chi connectivity index (χ0n) is 14.6. The highest BCUT2D eigenvalue weighted by Gasteiger charge is 2.12. The van der Waals surface area contributed by atoms with E-state index in [1.54, 1.807) is 44.4 Å². The molecule has 3 aromatic rings. The van der Waals surface area contributed by atoms with E-state index in [9.17, 15) is 4.79 Å². The minimum atomic E-state index is -0.0440. The molecule has 0 unspecified atom stereocenters. The molecule has 2 aromatic carbocycles. The number of hydrogen-bond donors (Lipinski definition) is 1. The summed E-state index contributed by atoms with van der Waals surface area (Å²) in [5.74, 6) is 0.654. The molecule has 1 N–H and O–H groups in total. The second-order valence-corrected chi connectivity index (χ2v) is 5.96. The second-order valence-electron chi connectivity index (χ2n) is 5.96. The van der Waals surface area contributed by atoms with Gasteiger partial charge in [0.15, 0.2) is 0 Å². The van der Waals surface area contributed by atoms with Crippen molar-refractivity contribution in [2.75, 3.05) is 26.5 Å². The van der Waals surface area contributed by atoms with Crippen molar-refractivity contribution in [1.82, 2.24) is 9.88 Å². The van der Waals surface area contributed by atoms with E-state index in [4.69, 9.17) is 4.74 Å². The maximum absolute atomic E-state index is 12.2. The van der Waals surface area contributed by atoms with Crippen molar-refractivity contribution in [2.45, 2.75) is 6.54 Å². The molecule has 0 saturated carbocycles. The number of pyridine rings is 1. The highest BCUT2D eigenvalue weighted by molar-refractivity contribution is 5.95. The van der Waals surface area contributed by atoms with Crippen molar-refractivity contribution < 1.29 is 9.53 Å². The van der Waals surface area contributed by atoms with Crippen molar-refractivity contribution in [3.05, 3.63) is 65.9 Å². The van der Waals surface area contributed by atoms with E-state index in [0.29, 0.717) is 17.9 Å². The average Bonchev–Trinajstić information content (AvgIpc) is 2.65. The van der Waals surface area contributed by atoms with Crippen molar-refractivity contribution in [3.63, 3.8) is 0 Å². The summed E-state index contributed by atoms with van der Waals surface area (Å²) in [7, 11) is 5.09. The van der Waals surface area contributed by atoms with Crippen LogP contribution in [0.5, 0.6) is 5.75 Å². The van der Waals surface area contributed by atoms with Gasteiger partial charge < -0.3 is 15.0 Å². The van der Waals surface area contributed by atoms with Crippen LogP contribution in [0.1, 0.15) is 15.9 Å². The quantitative estimate of drug-likeness (QED) is 0.775. The molecule has 0 saturated heterocycles. The largest absolute Gasteiger partial charge is 0.495 e. The van der Waals surface area contributed by atoms with Gasteiger partial charge in [0, 0.05) is 37.8 Å². The molecule has 1 heterocycles. The van der Waals surface area contributed by atoms with E-state index < -0.39 is 0 Å². The van der Waals surface area contributed by atoms with Gasteiger partial charge in [0.25, 0.3) is 5.91 Å². The average molecular weight is 335 g/mol. The van der Waals surface area contributed by atoms with Crippen molar-refractivity contribution >= 4 is 22.5 Å². The smallest absolute Gasteiger partial charge is 0.253 e. The molecule has 0 spiro atoms. The third kappa shape index (κ3) is 3.55. The molecule has 5 heteroatoms. The Labute approximate surface area is 147 Å². The Morgan fingerprint density at radius 2 is 1.96 bits per heavy atom. The Morgan fingerprint density at radius 3 is 2.72 bits per heavy atom. The summed E-state index contributed by atoms with van der Waals surface area (Å²) in [6.07, 6.45) is 1.79. The lowest BCUT2D eigenvalue weighted by Gasteiger charge is -2.15. The molecule has 0 aliphatic heterocycles. The van der Waals surface area contributed by atoms with E-state index in [1.807, 2.05) is 36.4 Å². The lowest BCUT2D eigenvalue weighted by molar-refractivity contribution is 0.0827. The van der Waals surface area contributed by atoms with Gasteiger partial charge in [-0.3, -0.25) is 9.78 Å². The van der Waals surface area contributed by atoms with E-state index in [2.05, 4.69) is 10.3 Å². The van der Waals surface area contributed by atoms with Gasteiger partial charge in [-0.1, -0.05) is 24.3 Å². The van der Waals surface area contributed by atoms with Crippen LogP contribution in [0, 0.1) is 0 Å². The molecule has 0 fully saturated rings. The lowest BCUT2D eigenvalue weighted by atomic mass is 10.1. The molecule has 128 valence electrons. The molecular weight excluding hydrogens is 314 g/mol. The topological polar surface area (TPSA) is 54.5 Å². The molecule has 0 bridgehead atoms. The summed E-state index contributed by atoms with van der Waals surface area (Å²) in [5.41, 5.74) is 3.45. The number of nitrogens with zero attached hydrogens (tertiary/aromatic N) is 2. The monoisotopic (exact) mass is 335 g/mol. The predicted molar refractivity (Wildman–Crippen MR) is 100 cm³/mol. The van der Waals surface area contributed by atoms with Crippen LogP contribution < -0.4 is 10.1 Å². The SMILES string of the molecule is COc1ccc(C(=O)N(C)C)cc1NCc1cccc2cccnc12. The first-order valence-electron chi connectivity index (χ1n) is 8.06. The first kappa shape index (κ1) is 16.8. The summed E-state index contributed by atoms with van der Waals surface area (Å²) >= 11 is 0. The molecular formula is C20H21N3O2. The highest BCUT2D eigenvalue weighted by Crippen LogP contribution is 2.27. The maximum Gasteiger partial charge on any atom is 0.253 e. The van der Waals surface area contributed by atoms with Crippen LogP contribution in [0.4, 0.5) is 5.69 Å². The Hall–Kier alpha value is -3.08. The first-order valence-corrected chi connectivity index (χ1v) is 8.06. The van der Waals surface area contributed by atoms with Crippen molar-refractivity contribution in [1.29, 1.82) is 0 Å². The number of aromatic nitrogens is 1. The fourth-order valence-corrected chi connectivity index (χ4v) is 2.74. The Kier molecular flexibility index (Phi) is 4.84. The third-order valence-electron chi connectivity index (χ3n) is 4.04. The molecule has 5 nitrogen and oxygen atoms in total. The highest BCUT2D eigenvalue weighted by atomic mass is 16.5. The van der Waals surface area contributed by atoms with Crippen molar-refractivity contribution in [2.24, 2.45) is 0 Å². The Balaban J connectivity index is 1.89. The van der Waals surface area contributed by atoms with Crippen LogP contribution in [0.2, 0.25) is 0 Å². The van der Waals surface area contributed by atoms with Crippen LogP contribution in [-0.2, 0) is 6.54 Å². The van der Waals surface area contributed by atoms with E-state index in [1.165, 1.54) is 0 Å². The van der Waals surface area contributed by atoms with E-state index in [0.717, 1.165) is 22.2 Å². The minimum Gasteiger partial charge on any atom is -0.495 e. The standard InChI is InChI=1S/C20H21N3O2/c1-23(2)20(24)15-9-10-18(25-3)17(12-15)22-13-16-7-4-6-14-8-5-11-21-19(14)16/h4-12,22H,13H2,1-3H3. The fraction of sp³-hybridized carbons (Fsp3) is 0.200. The number of carbonyl (C=O) groups is 1. The van der Waals surface area contributed by atoms with Gasteiger partial charge in [-0.05, 0) is 29.8 Å². The molecule has 0 atom stereocenters. The number of hydrogen-bond acceptors (Lipinski definition) is 4. The number of methoxy groups -OCH3 is 1. The molecule has 0 aliphatic rings. The first-order chi connectivity index (χ1) is 12.1. The summed E-state index contributed by atoms with van der Waals surface area (Å²) in [5, 5.41) is 4.47. The molecule has 25 heavy (non-hydrogen) atoms. The summed E-state index contributed by atoms with van der Waals surface area (Å²) < 4.78 is 5.41. The number of anilines is 1. The minimum absolute atomic E-state index is 0.0440. The summed E-state index contributed by atoms with van der Waals surface area (Å²) in [6.45, 7) is 0.588. The number of fused-ring (bicyclic) bond motifs is 1. The van der Waals surface area contributed by atoms with Crippen LogP contribution >= 0.6 is 0 Å². The van der Waals surface area contributed by atoms with Crippen LogP contribution in [0.25, 0.3) is 10.9 Å². The molecule has 1 aromatic heterocycles. The predicted octanol–water partition coefficient (Wildman–Crippen LogP) is 3.56. The summed E-state index contributed by atoms with van der Waals surface area (Å²) in [4.78, 5) is 18.2. The molecule has 0 radical (unpaired) electrons. The van der Waals surface area contributed by atoms with Gasteiger partial charge in [-0.25, -0.2) is 0 Å². The Bertz CT molecular complexity index is 901. The van der Waals surface area contributed by atoms with E-state index >= 15 is 0 Å². The zero-order chi connectivity index (χ0) is 17.8. The maximum atomic E-state index is 12.2. The van der Waals surface area contributed by atoms with Gasteiger partial charge in [0.05, 0.1) is 18.3 Å². The molecule has 0 aliphatic carbocycles. The van der Waals surface area contributed by atoms with E-state index in [-0.39, 0.29) is 5.91 Å². The van der Waals surface area contributed by atoms with Gasteiger partial charge in [0.2, 0.25) is 0 Å². The number of para-hydroxylation sites is 1. The lowest BCUT2D eigenvalue weighted by Crippen LogP contribution is -2.21. The van der Waals surface area contributed by atoms with Crippen molar-refractivity contribution in [3.8, 4) is 5.75 Å². The molecule has 1 amide bonds. The third-order valence-corrected chi connectivity index (χ3v) is 4.04. The summed E-state index contributed by atoms with van der Waals surface area (Å²) in [6, 6.07) is 15.5. The van der Waals surface area contributed by atoms with Crippen LogP contribution in [0.3, 0.4) is 0 Å². The Morgan fingerprint density at radius 1 is 1.16 bits per heavy atom. The fourth-order valence-electron chi connectivity index (χ4n) is 2.74. The number of benzene rings is 2. The zero-order valence-corrected chi connectivity index (χ0v) is 14.6. The van der Waals surface area contributed by atoms with Gasteiger partial charge in [-0.15, -0.1) is 0 Å². The number of rotatable bonds is 5. The number of carbonyl (C=O) groups excluding carboxylic acids is 1. The molecule has 3 rings (SSSR count). The van der Waals surface area contributed by atoms with Gasteiger partial charge >= 0.3 is 0 Å². The second kappa shape index (κ2) is 7.21. The normalized spacial score (nSPS) is 10.5. The number of amides is 1. The van der Waals surface area contributed by atoms with Crippen LogP contribution in [0.15, 0.2) is 54.7 Å². The number of ether oxygens (including phenoxy) is 1. The number of nitrogens with one attached hydrogen (secondary N) is 1.